The molecule has 98 valence electrons. The SMILES string of the molecule is Cc1ccc(CNS(=O)(=O)c2c[nH]c(CO)c2)s1. The van der Waals surface area contributed by atoms with E-state index in [0.717, 1.165) is 9.75 Å². The minimum Gasteiger partial charge on any atom is -0.390 e. The van der Waals surface area contributed by atoms with Gasteiger partial charge in [-0.05, 0) is 25.1 Å². The molecule has 0 aliphatic carbocycles. The number of aliphatic hydroxyl groups excluding tert-OH is 1. The Morgan fingerprint density at radius 2 is 2.22 bits per heavy atom. The highest BCUT2D eigenvalue weighted by Gasteiger charge is 2.15. The molecule has 2 aromatic rings. The fraction of sp³-hybridized carbons (Fsp3) is 0.273. The molecule has 0 saturated carbocycles. The molecule has 0 atom stereocenters. The maximum absolute atomic E-state index is 11.9. The van der Waals surface area contributed by atoms with Gasteiger partial charge in [-0.3, -0.25) is 0 Å². The van der Waals surface area contributed by atoms with Gasteiger partial charge in [0.2, 0.25) is 10.0 Å². The summed E-state index contributed by atoms with van der Waals surface area (Å²) >= 11 is 1.56. The quantitative estimate of drug-likeness (QED) is 0.776. The summed E-state index contributed by atoms with van der Waals surface area (Å²) in [6.45, 7) is 2.04. The lowest BCUT2D eigenvalue weighted by Crippen LogP contribution is -2.22. The zero-order valence-electron chi connectivity index (χ0n) is 9.80. The van der Waals surface area contributed by atoms with Gasteiger partial charge in [0.1, 0.15) is 0 Å². The molecule has 0 fully saturated rings. The number of aliphatic hydroxyl groups is 1. The number of aromatic amines is 1. The molecule has 3 N–H and O–H groups in total. The summed E-state index contributed by atoms with van der Waals surface area (Å²) in [5.41, 5.74) is 0.474. The van der Waals surface area contributed by atoms with Crippen LogP contribution in [0.25, 0.3) is 0 Å². The van der Waals surface area contributed by atoms with Crippen LogP contribution in [-0.2, 0) is 23.2 Å². The van der Waals surface area contributed by atoms with Crippen LogP contribution in [0.2, 0.25) is 0 Å². The predicted octanol–water partition coefficient (Wildman–Crippen LogP) is 1.36. The molecule has 0 radical (unpaired) electrons. The lowest BCUT2D eigenvalue weighted by atomic mass is 10.4. The van der Waals surface area contributed by atoms with Crippen LogP contribution in [0.3, 0.4) is 0 Å². The number of H-pyrrole nitrogens is 1. The Labute approximate surface area is 110 Å². The molecule has 0 unspecified atom stereocenters. The molecule has 0 amide bonds. The van der Waals surface area contributed by atoms with E-state index in [1.54, 1.807) is 11.3 Å². The van der Waals surface area contributed by atoms with Crippen LogP contribution in [0.5, 0.6) is 0 Å². The molecule has 18 heavy (non-hydrogen) atoms. The van der Waals surface area contributed by atoms with E-state index in [0.29, 0.717) is 5.69 Å². The van der Waals surface area contributed by atoms with E-state index < -0.39 is 10.0 Å². The van der Waals surface area contributed by atoms with Crippen molar-refractivity contribution in [1.82, 2.24) is 9.71 Å². The first kappa shape index (κ1) is 13.3. The molecular weight excluding hydrogens is 272 g/mol. The number of hydrogen-bond acceptors (Lipinski definition) is 4. The fourth-order valence-electron chi connectivity index (χ4n) is 1.49. The van der Waals surface area contributed by atoms with Gasteiger partial charge < -0.3 is 10.1 Å². The molecule has 0 aliphatic rings. The summed E-state index contributed by atoms with van der Waals surface area (Å²) in [5, 5.41) is 8.88. The molecular formula is C11H14N2O3S2. The topological polar surface area (TPSA) is 82.2 Å². The highest BCUT2D eigenvalue weighted by molar-refractivity contribution is 7.89. The monoisotopic (exact) mass is 286 g/mol. The van der Waals surface area contributed by atoms with E-state index in [9.17, 15) is 8.42 Å². The van der Waals surface area contributed by atoms with Crippen molar-refractivity contribution >= 4 is 21.4 Å². The molecule has 0 aromatic carbocycles. The van der Waals surface area contributed by atoms with Crippen LogP contribution in [0, 0.1) is 6.92 Å². The van der Waals surface area contributed by atoms with Crippen molar-refractivity contribution in [3.8, 4) is 0 Å². The number of rotatable bonds is 5. The minimum absolute atomic E-state index is 0.139. The van der Waals surface area contributed by atoms with Gasteiger partial charge in [0.15, 0.2) is 0 Å². The molecule has 2 aromatic heterocycles. The molecule has 0 aliphatic heterocycles. The van der Waals surface area contributed by atoms with Gasteiger partial charge in [0, 0.05) is 28.2 Å². The Morgan fingerprint density at radius 3 is 2.78 bits per heavy atom. The van der Waals surface area contributed by atoms with Gasteiger partial charge in [0.25, 0.3) is 0 Å². The average molecular weight is 286 g/mol. The summed E-state index contributed by atoms with van der Waals surface area (Å²) in [5.74, 6) is 0. The second-order valence-electron chi connectivity index (χ2n) is 3.86. The van der Waals surface area contributed by atoms with Crippen LogP contribution in [-0.4, -0.2) is 18.5 Å². The third kappa shape index (κ3) is 2.99. The van der Waals surface area contributed by atoms with E-state index in [2.05, 4.69) is 9.71 Å². The third-order valence-electron chi connectivity index (χ3n) is 2.43. The zero-order chi connectivity index (χ0) is 13.2. The standard InChI is InChI=1S/C11H14N2O3S2/c1-8-2-3-10(17-8)5-13-18(15,16)11-4-9(7-14)12-6-11/h2-4,6,12-14H,5,7H2,1H3. The second kappa shape index (κ2) is 5.23. The second-order valence-corrected chi connectivity index (χ2v) is 7.00. The number of hydrogen-bond donors (Lipinski definition) is 3. The lowest BCUT2D eigenvalue weighted by Gasteiger charge is -2.02. The molecule has 5 nitrogen and oxygen atoms in total. The van der Waals surface area contributed by atoms with Crippen molar-refractivity contribution in [2.75, 3.05) is 0 Å². The van der Waals surface area contributed by atoms with Gasteiger partial charge >= 0.3 is 0 Å². The van der Waals surface area contributed by atoms with Crippen molar-refractivity contribution in [1.29, 1.82) is 0 Å². The van der Waals surface area contributed by atoms with Gasteiger partial charge in [-0.1, -0.05) is 0 Å². The van der Waals surface area contributed by atoms with Gasteiger partial charge in [-0.15, -0.1) is 11.3 Å². The van der Waals surface area contributed by atoms with Crippen molar-refractivity contribution < 1.29 is 13.5 Å². The number of nitrogens with one attached hydrogen (secondary N) is 2. The number of aryl methyl sites for hydroxylation is 1. The Bertz CT molecular complexity index is 628. The van der Waals surface area contributed by atoms with Crippen molar-refractivity contribution in [3.63, 3.8) is 0 Å². The van der Waals surface area contributed by atoms with E-state index in [1.165, 1.54) is 12.3 Å². The molecule has 0 bridgehead atoms. The maximum atomic E-state index is 11.9. The predicted molar refractivity (Wildman–Crippen MR) is 69.8 cm³/mol. The summed E-state index contributed by atoms with van der Waals surface area (Å²) < 4.78 is 26.4. The number of sulfonamides is 1. The van der Waals surface area contributed by atoms with Gasteiger partial charge in [-0.25, -0.2) is 13.1 Å². The first-order valence-corrected chi connectivity index (χ1v) is 7.64. The van der Waals surface area contributed by atoms with E-state index in [4.69, 9.17) is 5.11 Å². The Morgan fingerprint density at radius 1 is 1.44 bits per heavy atom. The van der Waals surface area contributed by atoms with E-state index >= 15 is 0 Å². The largest absolute Gasteiger partial charge is 0.390 e. The van der Waals surface area contributed by atoms with Crippen molar-refractivity contribution in [3.05, 3.63) is 39.8 Å². The summed E-state index contributed by atoms with van der Waals surface area (Å²) in [6.07, 6.45) is 1.37. The highest BCUT2D eigenvalue weighted by atomic mass is 32.2. The third-order valence-corrected chi connectivity index (χ3v) is 4.81. The van der Waals surface area contributed by atoms with Crippen LogP contribution in [0.15, 0.2) is 29.3 Å². The summed E-state index contributed by atoms with van der Waals surface area (Å²) in [6, 6.07) is 5.27. The first-order chi connectivity index (χ1) is 8.51. The number of thiophene rings is 1. The van der Waals surface area contributed by atoms with E-state index in [1.807, 2.05) is 19.1 Å². The van der Waals surface area contributed by atoms with Crippen LogP contribution in [0.1, 0.15) is 15.4 Å². The highest BCUT2D eigenvalue weighted by Crippen LogP contribution is 2.16. The Balaban J connectivity index is 2.07. The summed E-state index contributed by atoms with van der Waals surface area (Å²) in [7, 11) is -3.52. The Kier molecular flexibility index (Phi) is 3.86. The number of aromatic nitrogens is 1. The van der Waals surface area contributed by atoms with Crippen molar-refractivity contribution in [2.24, 2.45) is 0 Å². The normalized spacial score (nSPS) is 11.9. The zero-order valence-corrected chi connectivity index (χ0v) is 11.4. The van der Waals surface area contributed by atoms with Crippen LogP contribution in [0.4, 0.5) is 0 Å². The average Bonchev–Trinajstić information content (AvgIpc) is 2.95. The summed E-state index contributed by atoms with van der Waals surface area (Å²) in [4.78, 5) is 4.95. The van der Waals surface area contributed by atoms with Gasteiger partial charge in [-0.2, -0.15) is 0 Å². The lowest BCUT2D eigenvalue weighted by molar-refractivity contribution is 0.277. The first-order valence-electron chi connectivity index (χ1n) is 5.34. The van der Waals surface area contributed by atoms with Crippen LogP contribution >= 0.6 is 11.3 Å². The molecule has 7 heteroatoms. The smallest absolute Gasteiger partial charge is 0.242 e. The van der Waals surface area contributed by atoms with Crippen molar-refractivity contribution in [2.45, 2.75) is 25.0 Å². The van der Waals surface area contributed by atoms with Gasteiger partial charge in [0.05, 0.1) is 11.5 Å². The van der Waals surface area contributed by atoms with Crippen LogP contribution < -0.4 is 4.72 Å². The fourth-order valence-corrected chi connectivity index (χ4v) is 3.44. The molecule has 0 spiro atoms. The minimum atomic E-state index is -3.52. The Hall–Kier alpha value is -1.15. The maximum Gasteiger partial charge on any atom is 0.242 e. The van der Waals surface area contributed by atoms with E-state index in [-0.39, 0.29) is 18.0 Å². The molecule has 2 heterocycles. The molecule has 0 saturated heterocycles. The molecule has 2 rings (SSSR count).